The molecule has 1 fully saturated rings. The average molecular weight is 478 g/mol. The molecule has 1 atom stereocenters. The van der Waals surface area contributed by atoms with Crippen LogP contribution in [0.4, 0.5) is 0 Å². The van der Waals surface area contributed by atoms with Gasteiger partial charge in [0.15, 0.2) is 15.0 Å². The average Bonchev–Trinajstić information content (AvgIpc) is 3.24. The fourth-order valence-electron chi connectivity index (χ4n) is 3.69. The van der Waals surface area contributed by atoms with Crippen molar-refractivity contribution in [3.63, 3.8) is 0 Å². The van der Waals surface area contributed by atoms with Crippen LogP contribution in [0, 0.1) is 13.8 Å². The van der Waals surface area contributed by atoms with Crippen molar-refractivity contribution in [2.24, 2.45) is 0 Å². The lowest BCUT2D eigenvalue weighted by Gasteiger charge is -2.23. The number of amides is 1. The van der Waals surface area contributed by atoms with Crippen molar-refractivity contribution in [2.45, 2.75) is 31.5 Å². The van der Waals surface area contributed by atoms with Gasteiger partial charge in [0, 0.05) is 18.0 Å². The Kier molecular flexibility index (Phi) is 5.97. The van der Waals surface area contributed by atoms with Crippen LogP contribution in [-0.2, 0) is 14.6 Å². The van der Waals surface area contributed by atoms with Crippen molar-refractivity contribution in [3.8, 4) is 5.69 Å². The normalized spacial score (nSPS) is 17.8. The number of thiophene rings is 1. The number of thioether (sulfide) groups is 1. The number of fused-ring (bicyclic) bond motifs is 1. The monoisotopic (exact) mass is 477 g/mol. The van der Waals surface area contributed by atoms with Crippen LogP contribution < -0.4 is 5.56 Å². The largest absolute Gasteiger partial charge is 0.341 e. The third-order valence-corrected chi connectivity index (χ3v) is 9.44. The van der Waals surface area contributed by atoms with Gasteiger partial charge in [0.1, 0.15) is 4.83 Å². The Hall–Kier alpha value is -2.17. The highest BCUT2D eigenvalue weighted by atomic mass is 32.2. The van der Waals surface area contributed by atoms with E-state index >= 15 is 0 Å². The standard InChI is InChI=1S/C21H23N3O4S3/c1-13-14(2)30-19-18(13)20(26)24(15-7-5-4-6-8-15)21(22-19)29-11-17(25)23(3)16-9-10-31(27,28)12-16/h4-8,16H,9-12H2,1-3H3/t16-/m1/s1. The first-order valence-electron chi connectivity index (χ1n) is 9.85. The van der Waals surface area contributed by atoms with Crippen LogP contribution in [0.5, 0.6) is 0 Å². The number of hydrogen-bond donors (Lipinski definition) is 0. The lowest BCUT2D eigenvalue weighted by atomic mass is 10.2. The third kappa shape index (κ3) is 4.28. The summed E-state index contributed by atoms with van der Waals surface area (Å²) in [5.41, 5.74) is 1.47. The smallest absolute Gasteiger partial charge is 0.267 e. The Labute approximate surface area is 189 Å². The van der Waals surface area contributed by atoms with Crippen molar-refractivity contribution in [2.75, 3.05) is 24.3 Å². The zero-order chi connectivity index (χ0) is 22.3. The minimum atomic E-state index is -3.07. The molecule has 0 radical (unpaired) electrons. The predicted molar refractivity (Wildman–Crippen MR) is 125 cm³/mol. The Morgan fingerprint density at radius 3 is 2.65 bits per heavy atom. The van der Waals surface area contributed by atoms with Gasteiger partial charge >= 0.3 is 0 Å². The summed E-state index contributed by atoms with van der Waals surface area (Å²) in [7, 11) is -1.43. The maximum absolute atomic E-state index is 13.4. The maximum Gasteiger partial charge on any atom is 0.267 e. The summed E-state index contributed by atoms with van der Waals surface area (Å²) in [6.45, 7) is 3.89. The lowest BCUT2D eigenvalue weighted by molar-refractivity contribution is -0.128. The van der Waals surface area contributed by atoms with Crippen molar-refractivity contribution in [3.05, 3.63) is 51.1 Å². The summed E-state index contributed by atoms with van der Waals surface area (Å²) in [6, 6.07) is 8.96. The van der Waals surface area contributed by atoms with Gasteiger partial charge in [-0.3, -0.25) is 14.2 Å². The molecule has 1 aliphatic rings. The van der Waals surface area contributed by atoms with E-state index in [4.69, 9.17) is 4.98 Å². The van der Waals surface area contributed by atoms with E-state index in [0.29, 0.717) is 27.5 Å². The molecule has 0 N–H and O–H groups in total. The van der Waals surface area contributed by atoms with Gasteiger partial charge in [-0.15, -0.1) is 11.3 Å². The van der Waals surface area contributed by atoms with Gasteiger partial charge < -0.3 is 4.90 Å². The van der Waals surface area contributed by atoms with Crippen LogP contribution in [0.3, 0.4) is 0 Å². The molecule has 7 nitrogen and oxygen atoms in total. The molecule has 1 aliphatic heterocycles. The number of aromatic nitrogens is 2. The quantitative estimate of drug-likeness (QED) is 0.415. The molecule has 4 rings (SSSR count). The lowest BCUT2D eigenvalue weighted by Crippen LogP contribution is -2.39. The SMILES string of the molecule is Cc1sc2nc(SCC(=O)N(C)[C@@H]3CCS(=O)(=O)C3)n(-c3ccccc3)c(=O)c2c1C. The van der Waals surface area contributed by atoms with E-state index in [1.807, 2.05) is 44.2 Å². The minimum Gasteiger partial charge on any atom is -0.341 e. The topological polar surface area (TPSA) is 89.3 Å². The second kappa shape index (κ2) is 8.40. The van der Waals surface area contributed by atoms with E-state index in [-0.39, 0.29) is 34.8 Å². The summed E-state index contributed by atoms with van der Waals surface area (Å²) in [5.74, 6) is 0.0126. The summed E-state index contributed by atoms with van der Waals surface area (Å²) in [4.78, 5) is 34.1. The van der Waals surface area contributed by atoms with Gasteiger partial charge in [0.05, 0.1) is 28.3 Å². The van der Waals surface area contributed by atoms with Gasteiger partial charge in [0.25, 0.3) is 5.56 Å². The van der Waals surface area contributed by atoms with Gasteiger partial charge in [-0.25, -0.2) is 13.4 Å². The number of sulfone groups is 1. The van der Waals surface area contributed by atoms with Crippen LogP contribution in [0.25, 0.3) is 15.9 Å². The molecule has 1 aromatic carbocycles. The number of hydrogen-bond acceptors (Lipinski definition) is 7. The van der Waals surface area contributed by atoms with Gasteiger partial charge in [0.2, 0.25) is 5.91 Å². The molecule has 1 saturated heterocycles. The van der Waals surface area contributed by atoms with E-state index in [0.717, 1.165) is 10.4 Å². The van der Waals surface area contributed by atoms with Crippen molar-refractivity contribution >= 4 is 49.1 Å². The van der Waals surface area contributed by atoms with E-state index in [1.54, 1.807) is 11.6 Å². The minimum absolute atomic E-state index is 0.00654. The van der Waals surface area contributed by atoms with E-state index in [9.17, 15) is 18.0 Å². The number of nitrogens with zero attached hydrogens (tertiary/aromatic N) is 3. The second-order valence-corrected chi connectivity index (χ2v) is 12.1. The Morgan fingerprint density at radius 1 is 1.29 bits per heavy atom. The van der Waals surface area contributed by atoms with Crippen LogP contribution in [0.2, 0.25) is 0 Å². The number of aryl methyl sites for hydroxylation is 2. The van der Waals surface area contributed by atoms with E-state index in [1.165, 1.54) is 28.0 Å². The fraction of sp³-hybridized carbons (Fsp3) is 0.381. The summed E-state index contributed by atoms with van der Waals surface area (Å²) < 4.78 is 25.1. The van der Waals surface area contributed by atoms with Crippen LogP contribution in [0.1, 0.15) is 16.9 Å². The van der Waals surface area contributed by atoms with E-state index in [2.05, 4.69) is 0 Å². The molecule has 2 aromatic heterocycles. The molecule has 0 unspecified atom stereocenters. The molecule has 10 heteroatoms. The summed E-state index contributed by atoms with van der Waals surface area (Å²) >= 11 is 2.67. The first-order chi connectivity index (χ1) is 14.7. The molecular formula is C21H23N3O4S3. The summed E-state index contributed by atoms with van der Waals surface area (Å²) in [6.07, 6.45) is 0.460. The number of benzene rings is 1. The molecule has 0 spiro atoms. The van der Waals surface area contributed by atoms with Crippen LogP contribution >= 0.6 is 23.1 Å². The first-order valence-corrected chi connectivity index (χ1v) is 13.5. The maximum atomic E-state index is 13.4. The zero-order valence-electron chi connectivity index (χ0n) is 17.5. The van der Waals surface area contributed by atoms with Gasteiger partial charge in [-0.05, 0) is 38.0 Å². The fourth-order valence-corrected chi connectivity index (χ4v) is 7.47. The van der Waals surface area contributed by atoms with Crippen LogP contribution in [0.15, 0.2) is 40.3 Å². The predicted octanol–water partition coefficient (Wildman–Crippen LogP) is 2.80. The number of rotatable bonds is 5. The number of carbonyl (C=O) groups excluding carboxylic acids is 1. The Bertz CT molecular complexity index is 1310. The highest BCUT2D eigenvalue weighted by Gasteiger charge is 2.32. The molecular weight excluding hydrogens is 454 g/mol. The number of carbonyl (C=O) groups is 1. The van der Waals surface area contributed by atoms with E-state index < -0.39 is 9.84 Å². The highest BCUT2D eigenvalue weighted by Crippen LogP contribution is 2.30. The first kappa shape index (κ1) is 22.0. The van der Waals surface area contributed by atoms with Crippen LogP contribution in [-0.4, -0.2) is 59.1 Å². The van der Waals surface area contributed by atoms with Crippen molar-refractivity contribution in [1.82, 2.24) is 14.5 Å². The molecule has 31 heavy (non-hydrogen) atoms. The molecule has 0 saturated carbocycles. The zero-order valence-corrected chi connectivity index (χ0v) is 19.9. The molecule has 0 bridgehead atoms. The van der Waals surface area contributed by atoms with Crippen molar-refractivity contribution in [1.29, 1.82) is 0 Å². The summed E-state index contributed by atoms with van der Waals surface area (Å²) in [5, 5.41) is 1.06. The Morgan fingerprint density at radius 2 is 2.00 bits per heavy atom. The molecule has 3 heterocycles. The van der Waals surface area contributed by atoms with Gasteiger partial charge in [-0.1, -0.05) is 30.0 Å². The van der Waals surface area contributed by atoms with Crippen molar-refractivity contribution < 1.29 is 13.2 Å². The third-order valence-electron chi connectivity index (χ3n) is 5.66. The molecule has 164 valence electrons. The second-order valence-electron chi connectivity index (χ2n) is 7.68. The number of para-hydroxylation sites is 1. The highest BCUT2D eigenvalue weighted by molar-refractivity contribution is 7.99. The molecule has 0 aliphatic carbocycles. The molecule has 1 amide bonds. The van der Waals surface area contributed by atoms with Gasteiger partial charge in [-0.2, -0.15) is 0 Å². The Balaban J connectivity index is 1.67. The molecule has 3 aromatic rings.